The van der Waals surface area contributed by atoms with Crippen LogP contribution in [0, 0.1) is 5.92 Å². The number of hydrogen-bond donors (Lipinski definition) is 0. The van der Waals surface area contributed by atoms with E-state index in [1.165, 1.54) is 4.90 Å². The summed E-state index contributed by atoms with van der Waals surface area (Å²) in [7, 11) is 0. The number of rotatable bonds is 2. The number of hydrogen-bond acceptors (Lipinski definition) is 4. The van der Waals surface area contributed by atoms with Crippen LogP contribution in [0.25, 0.3) is 0 Å². The molecule has 3 heterocycles. The van der Waals surface area contributed by atoms with E-state index in [-0.39, 0.29) is 17.9 Å². The van der Waals surface area contributed by atoms with Gasteiger partial charge in [-0.1, -0.05) is 35.9 Å². The van der Waals surface area contributed by atoms with Crippen molar-refractivity contribution in [3.8, 4) is 0 Å². The average molecular weight is 447 g/mol. The van der Waals surface area contributed by atoms with Crippen LogP contribution in [0.4, 0.5) is 5.69 Å². The topological polar surface area (TPSA) is 43.9 Å². The molecule has 27 heavy (non-hydrogen) atoms. The lowest BCUT2D eigenvalue weighted by atomic mass is 9.90. The van der Waals surface area contributed by atoms with Gasteiger partial charge in [-0.15, -0.1) is 0 Å². The third-order valence-corrected chi connectivity index (χ3v) is 6.63. The number of halogens is 2. The Bertz CT molecular complexity index is 935. The van der Waals surface area contributed by atoms with Crippen molar-refractivity contribution in [2.24, 2.45) is 5.92 Å². The highest BCUT2D eigenvalue weighted by Crippen LogP contribution is 2.49. The number of para-hydroxylation sites is 1. The van der Waals surface area contributed by atoms with Gasteiger partial charge in [0.1, 0.15) is 6.04 Å². The van der Waals surface area contributed by atoms with E-state index in [1.54, 1.807) is 6.07 Å². The second-order valence-electron chi connectivity index (χ2n) is 7.11. The van der Waals surface area contributed by atoms with Gasteiger partial charge < -0.3 is 0 Å². The molecule has 2 amide bonds. The predicted molar refractivity (Wildman–Crippen MR) is 106 cm³/mol. The third kappa shape index (κ3) is 2.51. The number of anilines is 1. The Morgan fingerprint density at radius 3 is 2.26 bits per heavy atom. The van der Waals surface area contributed by atoms with Crippen molar-refractivity contribution in [3.05, 3.63) is 63.6 Å². The molecule has 0 unspecified atom stereocenters. The molecule has 5 nitrogen and oxygen atoms in total. The molecule has 2 aromatic carbocycles. The molecule has 3 aliphatic rings. The zero-order chi connectivity index (χ0) is 18.7. The van der Waals surface area contributed by atoms with Gasteiger partial charge in [-0.05, 0) is 52.2 Å². The summed E-state index contributed by atoms with van der Waals surface area (Å²) >= 11 is 9.54. The zero-order valence-corrected chi connectivity index (χ0v) is 16.7. The Morgan fingerprint density at radius 2 is 1.56 bits per heavy atom. The largest absolute Gasteiger partial charge is 0.274 e. The Labute approximate surface area is 170 Å². The van der Waals surface area contributed by atoms with E-state index in [2.05, 4.69) is 25.9 Å². The van der Waals surface area contributed by atoms with Gasteiger partial charge in [0.2, 0.25) is 5.91 Å². The highest BCUT2D eigenvalue weighted by atomic mass is 79.9. The highest BCUT2D eigenvalue weighted by Gasteiger charge is 2.62. The maximum Gasteiger partial charge on any atom is 0.253 e. The summed E-state index contributed by atoms with van der Waals surface area (Å²) in [5, 5.41) is 4.96. The van der Waals surface area contributed by atoms with E-state index in [9.17, 15) is 9.59 Å². The van der Waals surface area contributed by atoms with E-state index in [0.717, 1.165) is 29.5 Å². The summed E-state index contributed by atoms with van der Waals surface area (Å²) in [5.41, 5.74) is 1.64. The summed E-state index contributed by atoms with van der Waals surface area (Å²) < 4.78 is 0.744. The summed E-state index contributed by atoms with van der Waals surface area (Å²) in [6.07, 6.45) is 0.990. The van der Waals surface area contributed by atoms with E-state index >= 15 is 0 Å². The lowest BCUT2D eigenvalue weighted by Gasteiger charge is -2.30. The van der Waals surface area contributed by atoms with Crippen molar-refractivity contribution in [2.75, 3.05) is 18.0 Å². The van der Waals surface area contributed by atoms with Crippen LogP contribution >= 0.6 is 27.5 Å². The molecule has 0 saturated carbocycles. The van der Waals surface area contributed by atoms with Crippen molar-refractivity contribution >= 4 is 45.0 Å². The first-order valence-corrected chi connectivity index (χ1v) is 10.2. The van der Waals surface area contributed by atoms with Gasteiger partial charge in [0, 0.05) is 22.6 Å². The number of imide groups is 1. The molecule has 0 radical (unpaired) electrons. The van der Waals surface area contributed by atoms with E-state index in [4.69, 9.17) is 11.6 Å². The molecule has 0 bridgehead atoms. The van der Waals surface area contributed by atoms with Crippen LogP contribution in [0.2, 0.25) is 5.02 Å². The van der Waals surface area contributed by atoms with Crippen LogP contribution in [-0.2, 0) is 9.59 Å². The van der Waals surface area contributed by atoms with Gasteiger partial charge in [0.05, 0.1) is 17.6 Å². The maximum absolute atomic E-state index is 13.4. The summed E-state index contributed by atoms with van der Waals surface area (Å²) in [6, 6.07) is 14.4. The minimum absolute atomic E-state index is 0.133. The van der Waals surface area contributed by atoms with Crippen molar-refractivity contribution in [2.45, 2.75) is 18.5 Å². The SMILES string of the molecule is O=C1[C@@H]2[C@@H](C(=O)N1c1ccccc1Br)N1CCCN1[C@@H]2c1ccc(Cl)cc1. The van der Waals surface area contributed by atoms with E-state index < -0.39 is 12.0 Å². The minimum atomic E-state index is -0.437. The average Bonchev–Trinajstić information content (AvgIpc) is 3.30. The van der Waals surface area contributed by atoms with Crippen molar-refractivity contribution < 1.29 is 9.59 Å². The molecule has 0 N–H and O–H groups in total. The lowest BCUT2D eigenvalue weighted by Crippen LogP contribution is -2.44. The number of nitrogens with zero attached hydrogens (tertiary/aromatic N) is 3. The number of amides is 2. The zero-order valence-electron chi connectivity index (χ0n) is 14.4. The first-order chi connectivity index (χ1) is 13.1. The van der Waals surface area contributed by atoms with Gasteiger partial charge in [-0.2, -0.15) is 0 Å². The fourth-order valence-corrected chi connectivity index (χ4v) is 5.23. The molecule has 138 valence electrons. The van der Waals surface area contributed by atoms with Crippen LogP contribution in [0.1, 0.15) is 18.0 Å². The van der Waals surface area contributed by atoms with Crippen LogP contribution in [-0.4, -0.2) is 41.0 Å². The van der Waals surface area contributed by atoms with Crippen LogP contribution < -0.4 is 4.90 Å². The second-order valence-corrected chi connectivity index (χ2v) is 8.40. The molecule has 3 saturated heterocycles. The van der Waals surface area contributed by atoms with Gasteiger partial charge >= 0.3 is 0 Å². The number of carbonyl (C=O) groups excluding carboxylic acids is 2. The number of fused-ring (bicyclic) bond motifs is 3. The smallest absolute Gasteiger partial charge is 0.253 e. The molecule has 0 aliphatic carbocycles. The summed E-state index contributed by atoms with van der Waals surface area (Å²) in [5.74, 6) is -0.683. The maximum atomic E-state index is 13.4. The highest BCUT2D eigenvalue weighted by molar-refractivity contribution is 9.10. The Kier molecular flexibility index (Phi) is 4.13. The van der Waals surface area contributed by atoms with Gasteiger partial charge in [-0.3, -0.25) is 9.59 Å². The van der Waals surface area contributed by atoms with Crippen LogP contribution in [0.15, 0.2) is 53.0 Å². The lowest BCUT2D eigenvalue weighted by molar-refractivity contribution is -0.126. The van der Waals surface area contributed by atoms with E-state index in [1.807, 2.05) is 42.5 Å². The molecule has 7 heteroatoms. The van der Waals surface area contributed by atoms with Gasteiger partial charge in [0.25, 0.3) is 5.91 Å². The number of hydrazine groups is 1. The third-order valence-electron chi connectivity index (χ3n) is 5.71. The standard InChI is InChI=1S/C20H17BrClN3O2/c21-14-4-1-2-5-15(14)25-19(26)16-17(12-6-8-13(22)9-7-12)23-10-3-11-24(23)18(16)20(25)27/h1-2,4-9,16-18H,3,10-11H2/t16-,17+,18-/m0/s1. The Morgan fingerprint density at radius 1 is 0.889 bits per heavy atom. The van der Waals surface area contributed by atoms with E-state index in [0.29, 0.717) is 10.7 Å². The minimum Gasteiger partial charge on any atom is -0.274 e. The fourth-order valence-electron chi connectivity index (χ4n) is 4.64. The van der Waals surface area contributed by atoms with Gasteiger partial charge in [0.15, 0.2) is 0 Å². The molecular formula is C20H17BrClN3O2. The molecule has 0 aromatic heterocycles. The van der Waals surface area contributed by atoms with Crippen LogP contribution in [0.3, 0.4) is 0 Å². The molecule has 3 atom stereocenters. The molecule has 3 fully saturated rings. The normalized spacial score (nSPS) is 28.1. The summed E-state index contributed by atoms with van der Waals surface area (Å²) in [6.45, 7) is 1.66. The predicted octanol–water partition coefficient (Wildman–Crippen LogP) is 3.64. The Balaban J connectivity index is 1.60. The molecular weight excluding hydrogens is 430 g/mol. The van der Waals surface area contributed by atoms with Crippen molar-refractivity contribution in [1.29, 1.82) is 0 Å². The molecule has 5 rings (SSSR count). The monoisotopic (exact) mass is 445 g/mol. The number of carbonyl (C=O) groups is 2. The molecule has 3 aliphatic heterocycles. The van der Waals surface area contributed by atoms with Gasteiger partial charge in [-0.25, -0.2) is 14.9 Å². The second kappa shape index (κ2) is 6.41. The molecule has 0 spiro atoms. The Hall–Kier alpha value is -1.73. The molecule has 2 aromatic rings. The number of benzene rings is 2. The summed E-state index contributed by atoms with van der Waals surface area (Å²) in [4.78, 5) is 28.1. The van der Waals surface area contributed by atoms with Crippen LogP contribution in [0.5, 0.6) is 0 Å². The quantitative estimate of drug-likeness (QED) is 0.661. The fraction of sp³-hybridized carbons (Fsp3) is 0.300. The first-order valence-electron chi connectivity index (χ1n) is 8.99. The first kappa shape index (κ1) is 17.4. The van der Waals surface area contributed by atoms with Crippen molar-refractivity contribution in [3.63, 3.8) is 0 Å². The van der Waals surface area contributed by atoms with Crippen molar-refractivity contribution in [1.82, 2.24) is 10.0 Å².